The van der Waals surface area contributed by atoms with Crippen LogP contribution in [-0.2, 0) is 11.3 Å². The molecule has 96 valence electrons. The van der Waals surface area contributed by atoms with Gasteiger partial charge in [-0.2, -0.15) is 5.26 Å². The van der Waals surface area contributed by atoms with E-state index in [9.17, 15) is 0 Å². The fraction of sp³-hybridized carbons (Fsp3) is 0.500. The molecule has 2 N–H and O–H groups in total. The molecular weight excluding hydrogens is 248 g/mol. The molecule has 3 nitrogen and oxygen atoms in total. The van der Waals surface area contributed by atoms with Gasteiger partial charge in [0.2, 0.25) is 0 Å². The number of halogens is 1. The lowest BCUT2D eigenvalue weighted by Gasteiger charge is -2.23. The predicted molar refractivity (Wildman–Crippen MR) is 71.2 cm³/mol. The highest BCUT2D eigenvalue weighted by Crippen LogP contribution is 2.28. The Morgan fingerprint density at radius 1 is 1.39 bits per heavy atom. The van der Waals surface area contributed by atoms with Crippen LogP contribution in [0.4, 0.5) is 0 Å². The summed E-state index contributed by atoms with van der Waals surface area (Å²) in [6, 6.07) is 7.30. The number of benzene rings is 1. The average molecular weight is 265 g/mol. The quantitative estimate of drug-likeness (QED) is 0.909. The van der Waals surface area contributed by atoms with E-state index in [2.05, 4.69) is 6.07 Å². The smallest absolute Gasteiger partial charge is 0.0992 e. The topological polar surface area (TPSA) is 59.0 Å². The number of hydrogen-bond donors (Lipinski definition) is 1. The molecule has 0 unspecified atom stereocenters. The van der Waals surface area contributed by atoms with Crippen LogP contribution in [0.2, 0.25) is 5.02 Å². The van der Waals surface area contributed by atoms with Crippen LogP contribution in [0.3, 0.4) is 0 Å². The maximum Gasteiger partial charge on any atom is 0.0992 e. The molecule has 0 saturated heterocycles. The minimum absolute atomic E-state index is 0.154. The Kier molecular flexibility index (Phi) is 4.23. The Labute approximate surface area is 112 Å². The standard InChI is InChI=1S/C14H17ClN2O/c15-13-7-11(8-16)3-4-12(13)9-18-10-14(17)5-1-2-6-14/h3-4,7H,1-2,5-6,9-10,17H2. The van der Waals surface area contributed by atoms with Crippen molar-refractivity contribution in [3.05, 3.63) is 34.3 Å². The first-order valence-corrected chi connectivity index (χ1v) is 6.56. The predicted octanol–water partition coefficient (Wildman–Crippen LogP) is 3.00. The lowest BCUT2D eigenvalue weighted by molar-refractivity contribution is 0.0751. The molecule has 1 aromatic carbocycles. The summed E-state index contributed by atoms with van der Waals surface area (Å²) in [4.78, 5) is 0. The second kappa shape index (κ2) is 5.71. The van der Waals surface area contributed by atoms with Crippen molar-refractivity contribution >= 4 is 11.6 Å². The van der Waals surface area contributed by atoms with Gasteiger partial charge in [-0.15, -0.1) is 0 Å². The average Bonchev–Trinajstić information content (AvgIpc) is 2.78. The van der Waals surface area contributed by atoms with Gasteiger partial charge < -0.3 is 10.5 Å². The second-order valence-corrected chi connectivity index (χ2v) is 5.39. The number of hydrogen-bond acceptors (Lipinski definition) is 3. The van der Waals surface area contributed by atoms with E-state index in [0.29, 0.717) is 23.8 Å². The van der Waals surface area contributed by atoms with Gasteiger partial charge in [-0.05, 0) is 30.5 Å². The van der Waals surface area contributed by atoms with E-state index in [1.165, 1.54) is 12.8 Å². The molecular formula is C14H17ClN2O. The lowest BCUT2D eigenvalue weighted by atomic mass is 10.0. The summed E-state index contributed by atoms with van der Waals surface area (Å²) in [7, 11) is 0. The monoisotopic (exact) mass is 264 g/mol. The summed E-state index contributed by atoms with van der Waals surface area (Å²) < 4.78 is 5.67. The van der Waals surface area contributed by atoms with Gasteiger partial charge in [0, 0.05) is 10.6 Å². The van der Waals surface area contributed by atoms with Gasteiger partial charge in [-0.1, -0.05) is 30.5 Å². The summed E-state index contributed by atoms with van der Waals surface area (Å²) >= 11 is 6.08. The zero-order valence-electron chi connectivity index (χ0n) is 10.3. The van der Waals surface area contributed by atoms with Crippen LogP contribution in [0.25, 0.3) is 0 Å². The Balaban J connectivity index is 1.89. The van der Waals surface area contributed by atoms with Crippen LogP contribution in [0, 0.1) is 11.3 Å². The zero-order valence-corrected chi connectivity index (χ0v) is 11.0. The van der Waals surface area contributed by atoms with Gasteiger partial charge in [0.05, 0.1) is 24.8 Å². The van der Waals surface area contributed by atoms with Crippen LogP contribution in [0.5, 0.6) is 0 Å². The molecule has 0 radical (unpaired) electrons. The molecule has 1 aromatic rings. The molecule has 2 rings (SSSR count). The van der Waals surface area contributed by atoms with Gasteiger partial charge in [0.25, 0.3) is 0 Å². The molecule has 0 heterocycles. The van der Waals surface area contributed by atoms with Gasteiger partial charge in [-0.25, -0.2) is 0 Å². The zero-order chi connectivity index (χ0) is 13.0. The maximum absolute atomic E-state index is 8.75. The van der Waals surface area contributed by atoms with Crippen molar-refractivity contribution in [2.45, 2.75) is 37.8 Å². The summed E-state index contributed by atoms with van der Waals surface area (Å²) in [6.07, 6.45) is 4.46. The number of nitriles is 1. The Morgan fingerprint density at radius 3 is 2.72 bits per heavy atom. The molecule has 0 bridgehead atoms. The maximum atomic E-state index is 8.75. The molecule has 0 atom stereocenters. The first-order valence-electron chi connectivity index (χ1n) is 6.18. The lowest BCUT2D eigenvalue weighted by Crippen LogP contribution is -2.41. The Morgan fingerprint density at radius 2 is 2.11 bits per heavy atom. The van der Waals surface area contributed by atoms with Gasteiger partial charge in [-0.3, -0.25) is 0 Å². The molecule has 0 aromatic heterocycles. The van der Waals surface area contributed by atoms with E-state index in [1.807, 2.05) is 6.07 Å². The van der Waals surface area contributed by atoms with E-state index >= 15 is 0 Å². The summed E-state index contributed by atoms with van der Waals surface area (Å²) in [5.74, 6) is 0. The molecule has 1 fully saturated rings. The fourth-order valence-corrected chi connectivity index (χ4v) is 2.56. The third-order valence-electron chi connectivity index (χ3n) is 3.43. The largest absolute Gasteiger partial charge is 0.375 e. The van der Waals surface area contributed by atoms with Crippen molar-refractivity contribution in [3.8, 4) is 6.07 Å². The van der Waals surface area contributed by atoms with Crippen molar-refractivity contribution in [1.82, 2.24) is 0 Å². The molecule has 0 aliphatic heterocycles. The third kappa shape index (κ3) is 3.23. The van der Waals surface area contributed by atoms with E-state index < -0.39 is 0 Å². The highest BCUT2D eigenvalue weighted by Gasteiger charge is 2.29. The van der Waals surface area contributed by atoms with Crippen molar-refractivity contribution < 1.29 is 4.74 Å². The fourth-order valence-electron chi connectivity index (χ4n) is 2.32. The SMILES string of the molecule is N#Cc1ccc(COCC2(N)CCCC2)c(Cl)c1. The summed E-state index contributed by atoms with van der Waals surface area (Å²) in [6.45, 7) is 1.02. The van der Waals surface area contributed by atoms with Crippen LogP contribution < -0.4 is 5.73 Å². The number of nitrogens with zero attached hydrogens (tertiary/aromatic N) is 1. The van der Waals surface area contributed by atoms with Crippen molar-refractivity contribution in [2.24, 2.45) is 5.73 Å². The third-order valence-corrected chi connectivity index (χ3v) is 3.78. The number of nitrogens with two attached hydrogens (primary N) is 1. The van der Waals surface area contributed by atoms with E-state index in [1.54, 1.807) is 12.1 Å². The van der Waals surface area contributed by atoms with E-state index in [4.69, 9.17) is 27.3 Å². The second-order valence-electron chi connectivity index (χ2n) is 4.98. The van der Waals surface area contributed by atoms with E-state index in [0.717, 1.165) is 18.4 Å². The number of rotatable bonds is 4. The van der Waals surface area contributed by atoms with Crippen LogP contribution in [-0.4, -0.2) is 12.1 Å². The normalized spacial score (nSPS) is 17.6. The summed E-state index contributed by atoms with van der Waals surface area (Å²) in [5, 5.41) is 9.33. The minimum Gasteiger partial charge on any atom is -0.375 e. The first kappa shape index (κ1) is 13.4. The van der Waals surface area contributed by atoms with E-state index in [-0.39, 0.29) is 5.54 Å². The highest BCUT2D eigenvalue weighted by molar-refractivity contribution is 6.31. The van der Waals surface area contributed by atoms with Crippen LogP contribution >= 0.6 is 11.6 Å². The Hall–Kier alpha value is -1.08. The van der Waals surface area contributed by atoms with Gasteiger partial charge in [0.15, 0.2) is 0 Å². The van der Waals surface area contributed by atoms with Crippen molar-refractivity contribution in [3.63, 3.8) is 0 Å². The van der Waals surface area contributed by atoms with Crippen LogP contribution in [0.15, 0.2) is 18.2 Å². The molecule has 18 heavy (non-hydrogen) atoms. The van der Waals surface area contributed by atoms with Crippen molar-refractivity contribution in [1.29, 1.82) is 5.26 Å². The highest BCUT2D eigenvalue weighted by atomic mass is 35.5. The van der Waals surface area contributed by atoms with Crippen LogP contribution in [0.1, 0.15) is 36.8 Å². The molecule has 1 aliphatic rings. The molecule has 4 heteroatoms. The Bertz CT molecular complexity index is 461. The minimum atomic E-state index is -0.154. The summed E-state index contributed by atoms with van der Waals surface area (Å²) in [5.41, 5.74) is 7.52. The number of ether oxygens (including phenoxy) is 1. The molecule has 1 saturated carbocycles. The molecule has 1 aliphatic carbocycles. The van der Waals surface area contributed by atoms with Gasteiger partial charge in [0.1, 0.15) is 0 Å². The molecule has 0 spiro atoms. The first-order chi connectivity index (χ1) is 8.63. The van der Waals surface area contributed by atoms with Gasteiger partial charge >= 0.3 is 0 Å². The molecule has 0 amide bonds. The van der Waals surface area contributed by atoms with Crippen molar-refractivity contribution in [2.75, 3.05) is 6.61 Å².